The van der Waals surface area contributed by atoms with Crippen LogP contribution in [-0.4, -0.2) is 11.6 Å². The average Bonchev–Trinajstić information content (AvgIpc) is 2.41. The summed E-state index contributed by atoms with van der Waals surface area (Å²) in [4.78, 5) is 22.4. The van der Waals surface area contributed by atoms with E-state index in [9.17, 15) is 9.59 Å². The minimum atomic E-state index is 0.278. The fourth-order valence-electron chi connectivity index (χ4n) is 2.45. The molecule has 118 valence electrons. The molecule has 20 heavy (non-hydrogen) atoms. The molecule has 0 amide bonds. The molecule has 0 radical (unpaired) electrons. The van der Waals surface area contributed by atoms with Gasteiger partial charge in [-0.2, -0.15) is 0 Å². The van der Waals surface area contributed by atoms with Gasteiger partial charge in [0.05, 0.1) is 0 Å². The smallest absolute Gasteiger partial charge is 0.132 e. The van der Waals surface area contributed by atoms with Gasteiger partial charge in [-0.3, -0.25) is 4.79 Å². The van der Waals surface area contributed by atoms with E-state index in [4.69, 9.17) is 0 Å². The van der Waals surface area contributed by atoms with E-state index < -0.39 is 0 Å². The van der Waals surface area contributed by atoms with Crippen molar-refractivity contribution in [1.29, 1.82) is 0 Å². The van der Waals surface area contributed by atoms with E-state index >= 15 is 0 Å². The number of unbranched alkanes of at least 4 members (excludes halogenated alkanes) is 9. The SMILES string of the molecule is CCCCCCCCCC(=O)CCCCCCC(C)=O. The van der Waals surface area contributed by atoms with Crippen LogP contribution in [0.25, 0.3) is 0 Å². The van der Waals surface area contributed by atoms with Crippen LogP contribution in [0.15, 0.2) is 0 Å². The number of Topliss-reactive ketones (excluding diaryl/α,β-unsaturated/α-hetero) is 2. The van der Waals surface area contributed by atoms with Crippen molar-refractivity contribution in [2.24, 2.45) is 0 Å². The number of rotatable bonds is 15. The molecule has 2 nitrogen and oxygen atoms in total. The van der Waals surface area contributed by atoms with Crippen molar-refractivity contribution in [3.8, 4) is 0 Å². The highest BCUT2D eigenvalue weighted by molar-refractivity contribution is 5.78. The molecule has 0 aromatic carbocycles. The van der Waals surface area contributed by atoms with E-state index in [-0.39, 0.29) is 5.78 Å². The Labute approximate surface area is 125 Å². The summed E-state index contributed by atoms with van der Waals surface area (Å²) in [6.45, 7) is 3.88. The summed E-state index contributed by atoms with van der Waals surface area (Å²) in [5, 5.41) is 0. The van der Waals surface area contributed by atoms with E-state index in [0.717, 1.165) is 44.9 Å². The molecule has 0 aromatic rings. The molecule has 0 saturated carbocycles. The molecule has 0 bridgehead atoms. The highest BCUT2D eigenvalue weighted by Gasteiger charge is 2.02. The lowest BCUT2D eigenvalue weighted by atomic mass is 10.0. The van der Waals surface area contributed by atoms with E-state index in [1.807, 2.05) is 0 Å². The van der Waals surface area contributed by atoms with Gasteiger partial charge < -0.3 is 4.79 Å². The second-order valence-electron chi connectivity index (χ2n) is 6.03. The van der Waals surface area contributed by atoms with Gasteiger partial charge in [0.25, 0.3) is 0 Å². The Balaban J connectivity index is 3.19. The lowest BCUT2D eigenvalue weighted by Crippen LogP contribution is -1.98. The van der Waals surface area contributed by atoms with Gasteiger partial charge in [0.2, 0.25) is 0 Å². The molecule has 2 heteroatoms. The molecule has 0 rings (SSSR count). The van der Waals surface area contributed by atoms with E-state index in [2.05, 4.69) is 6.92 Å². The number of hydrogen-bond acceptors (Lipinski definition) is 2. The molecule has 0 aliphatic rings. The predicted molar refractivity (Wildman–Crippen MR) is 86.0 cm³/mol. The van der Waals surface area contributed by atoms with Gasteiger partial charge >= 0.3 is 0 Å². The second kappa shape index (κ2) is 14.7. The molecule has 0 fully saturated rings. The van der Waals surface area contributed by atoms with Crippen LogP contribution in [0.4, 0.5) is 0 Å². The first-order valence-electron chi connectivity index (χ1n) is 8.68. The zero-order valence-electron chi connectivity index (χ0n) is 13.7. The Morgan fingerprint density at radius 1 is 0.600 bits per heavy atom. The average molecular weight is 282 g/mol. The number of hydrogen-bond donors (Lipinski definition) is 0. The quantitative estimate of drug-likeness (QED) is 0.365. The van der Waals surface area contributed by atoms with Crippen molar-refractivity contribution in [3.05, 3.63) is 0 Å². The zero-order chi connectivity index (χ0) is 15.1. The molecule has 0 saturated heterocycles. The van der Waals surface area contributed by atoms with Gasteiger partial charge in [-0.25, -0.2) is 0 Å². The Kier molecular flexibility index (Phi) is 14.3. The van der Waals surface area contributed by atoms with E-state index in [1.165, 1.54) is 38.5 Å². The maximum absolute atomic E-state index is 11.7. The van der Waals surface area contributed by atoms with E-state index in [1.54, 1.807) is 6.92 Å². The summed E-state index contributed by atoms with van der Waals surface area (Å²) in [5.41, 5.74) is 0. The van der Waals surface area contributed by atoms with Crippen LogP contribution in [0.5, 0.6) is 0 Å². The van der Waals surface area contributed by atoms with Crippen LogP contribution < -0.4 is 0 Å². The number of ketones is 2. The van der Waals surface area contributed by atoms with Crippen LogP contribution in [0.3, 0.4) is 0 Å². The summed E-state index contributed by atoms with van der Waals surface area (Å²) < 4.78 is 0. The van der Waals surface area contributed by atoms with Crippen LogP contribution in [-0.2, 0) is 9.59 Å². The van der Waals surface area contributed by atoms with Crippen molar-refractivity contribution in [3.63, 3.8) is 0 Å². The normalized spacial score (nSPS) is 10.7. The minimum absolute atomic E-state index is 0.278. The first-order valence-corrected chi connectivity index (χ1v) is 8.68. The lowest BCUT2D eigenvalue weighted by molar-refractivity contribution is -0.119. The Morgan fingerprint density at radius 2 is 1.00 bits per heavy atom. The third kappa shape index (κ3) is 15.4. The first kappa shape index (κ1) is 19.3. The molecule has 0 spiro atoms. The van der Waals surface area contributed by atoms with E-state index in [0.29, 0.717) is 12.2 Å². The van der Waals surface area contributed by atoms with Crippen molar-refractivity contribution in [2.45, 2.75) is 104 Å². The Bertz CT molecular complexity index is 246. The molecule has 0 unspecified atom stereocenters. The molecule has 0 aliphatic heterocycles. The third-order valence-corrected chi connectivity index (χ3v) is 3.79. The molecular weight excluding hydrogens is 248 g/mol. The first-order chi connectivity index (χ1) is 9.66. The summed E-state index contributed by atoms with van der Waals surface area (Å²) in [7, 11) is 0. The third-order valence-electron chi connectivity index (χ3n) is 3.79. The predicted octanol–water partition coefficient (Wildman–Crippen LogP) is 5.63. The van der Waals surface area contributed by atoms with Gasteiger partial charge in [-0.05, 0) is 26.2 Å². The van der Waals surface area contributed by atoms with Gasteiger partial charge in [0.15, 0.2) is 0 Å². The fourth-order valence-corrected chi connectivity index (χ4v) is 2.45. The highest BCUT2D eigenvalue weighted by atomic mass is 16.1. The Hall–Kier alpha value is -0.660. The highest BCUT2D eigenvalue weighted by Crippen LogP contribution is 2.11. The lowest BCUT2D eigenvalue weighted by Gasteiger charge is -2.02. The van der Waals surface area contributed by atoms with Crippen molar-refractivity contribution in [1.82, 2.24) is 0 Å². The Morgan fingerprint density at radius 3 is 1.45 bits per heavy atom. The van der Waals surface area contributed by atoms with Gasteiger partial charge in [-0.1, -0.05) is 58.3 Å². The maximum Gasteiger partial charge on any atom is 0.132 e. The van der Waals surface area contributed by atoms with Crippen LogP contribution >= 0.6 is 0 Å². The van der Waals surface area contributed by atoms with Gasteiger partial charge in [0, 0.05) is 19.3 Å². The van der Waals surface area contributed by atoms with Crippen molar-refractivity contribution >= 4 is 11.6 Å². The molecule has 0 heterocycles. The topological polar surface area (TPSA) is 34.1 Å². The maximum atomic E-state index is 11.7. The molecule has 0 N–H and O–H groups in total. The molecule has 0 aromatic heterocycles. The second-order valence-corrected chi connectivity index (χ2v) is 6.03. The van der Waals surface area contributed by atoms with Crippen LogP contribution in [0.2, 0.25) is 0 Å². The molecular formula is C18H34O2. The monoisotopic (exact) mass is 282 g/mol. The van der Waals surface area contributed by atoms with Crippen molar-refractivity contribution in [2.75, 3.05) is 0 Å². The fraction of sp³-hybridized carbons (Fsp3) is 0.889. The molecule has 0 atom stereocenters. The van der Waals surface area contributed by atoms with Crippen molar-refractivity contribution < 1.29 is 9.59 Å². The number of carbonyl (C=O) groups excluding carboxylic acids is 2. The standard InChI is InChI=1S/C18H34O2/c1-3-4-5-6-7-8-12-15-18(20)16-13-10-9-11-14-17(2)19/h3-16H2,1-2H3. The van der Waals surface area contributed by atoms with Crippen LogP contribution in [0.1, 0.15) is 104 Å². The van der Waals surface area contributed by atoms with Crippen LogP contribution in [0, 0.1) is 0 Å². The van der Waals surface area contributed by atoms with Gasteiger partial charge in [-0.15, -0.1) is 0 Å². The largest absolute Gasteiger partial charge is 0.300 e. The zero-order valence-corrected chi connectivity index (χ0v) is 13.7. The summed E-state index contributed by atoms with van der Waals surface area (Å²) in [5.74, 6) is 0.713. The summed E-state index contributed by atoms with van der Waals surface area (Å²) in [6, 6.07) is 0. The summed E-state index contributed by atoms with van der Waals surface area (Å²) >= 11 is 0. The number of carbonyl (C=O) groups is 2. The minimum Gasteiger partial charge on any atom is -0.300 e. The molecule has 0 aliphatic carbocycles. The van der Waals surface area contributed by atoms with Gasteiger partial charge in [0.1, 0.15) is 11.6 Å². The summed E-state index contributed by atoms with van der Waals surface area (Å²) in [6.07, 6.45) is 15.3.